The highest BCUT2D eigenvalue weighted by Gasteiger charge is 2.11. The van der Waals surface area contributed by atoms with E-state index in [0.29, 0.717) is 22.4 Å². The van der Waals surface area contributed by atoms with Crippen molar-refractivity contribution in [1.82, 2.24) is 4.98 Å². The van der Waals surface area contributed by atoms with Gasteiger partial charge in [0.25, 0.3) is 11.5 Å². The normalized spacial score (nSPS) is 10.2. The number of carbonyl (C=O) groups is 2. The second-order valence-electron chi connectivity index (χ2n) is 5.39. The highest BCUT2D eigenvalue weighted by molar-refractivity contribution is 6.05. The Morgan fingerprint density at radius 2 is 1.60 bits per heavy atom. The first-order valence-electron chi connectivity index (χ1n) is 7.54. The van der Waals surface area contributed by atoms with Crippen molar-refractivity contribution in [2.24, 2.45) is 5.73 Å². The zero-order valence-corrected chi connectivity index (χ0v) is 13.2. The van der Waals surface area contributed by atoms with Crippen molar-refractivity contribution in [3.63, 3.8) is 0 Å². The van der Waals surface area contributed by atoms with Gasteiger partial charge in [0.1, 0.15) is 0 Å². The monoisotopic (exact) mass is 333 g/mol. The van der Waals surface area contributed by atoms with E-state index in [4.69, 9.17) is 5.73 Å². The van der Waals surface area contributed by atoms with Crippen LogP contribution in [-0.4, -0.2) is 16.8 Å². The lowest BCUT2D eigenvalue weighted by molar-refractivity contribution is 0.0998. The lowest BCUT2D eigenvalue weighted by Gasteiger charge is -2.07. The summed E-state index contributed by atoms with van der Waals surface area (Å²) in [5, 5.41) is 2.71. The zero-order chi connectivity index (χ0) is 17.8. The molecule has 2 amide bonds. The van der Waals surface area contributed by atoms with Crippen molar-refractivity contribution in [3.05, 3.63) is 88.3 Å². The third-order valence-electron chi connectivity index (χ3n) is 3.68. The van der Waals surface area contributed by atoms with Crippen LogP contribution in [0.15, 0.2) is 71.7 Å². The Balaban J connectivity index is 1.85. The molecule has 0 bridgehead atoms. The second-order valence-corrected chi connectivity index (χ2v) is 5.39. The molecule has 1 heterocycles. The highest BCUT2D eigenvalue weighted by atomic mass is 16.2. The van der Waals surface area contributed by atoms with E-state index in [-0.39, 0.29) is 11.5 Å². The summed E-state index contributed by atoms with van der Waals surface area (Å²) in [6, 6.07) is 16.9. The van der Waals surface area contributed by atoms with Gasteiger partial charge in [-0.15, -0.1) is 0 Å². The van der Waals surface area contributed by atoms with Crippen LogP contribution in [0.1, 0.15) is 20.7 Å². The van der Waals surface area contributed by atoms with E-state index in [1.54, 1.807) is 30.3 Å². The summed E-state index contributed by atoms with van der Waals surface area (Å²) in [7, 11) is 0. The van der Waals surface area contributed by atoms with E-state index in [9.17, 15) is 14.4 Å². The topological polar surface area (TPSA) is 105 Å². The van der Waals surface area contributed by atoms with Gasteiger partial charge in [0, 0.05) is 23.0 Å². The number of anilines is 1. The fourth-order valence-corrected chi connectivity index (χ4v) is 2.37. The van der Waals surface area contributed by atoms with Crippen LogP contribution in [-0.2, 0) is 0 Å². The minimum atomic E-state index is -0.536. The molecule has 4 N–H and O–H groups in total. The number of H-pyrrole nitrogens is 1. The molecule has 0 atom stereocenters. The summed E-state index contributed by atoms with van der Waals surface area (Å²) < 4.78 is 0. The number of amides is 2. The molecule has 1 aromatic heterocycles. The molecule has 3 aromatic rings. The first-order valence-corrected chi connectivity index (χ1v) is 7.54. The fraction of sp³-hybridized carbons (Fsp3) is 0. The van der Waals surface area contributed by atoms with E-state index in [2.05, 4.69) is 10.3 Å². The number of nitrogens with one attached hydrogen (secondary N) is 2. The van der Waals surface area contributed by atoms with Crippen molar-refractivity contribution in [3.8, 4) is 11.1 Å². The molecule has 2 aromatic carbocycles. The van der Waals surface area contributed by atoms with Crippen LogP contribution in [0.25, 0.3) is 11.1 Å². The van der Waals surface area contributed by atoms with Crippen molar-refractivity contribution < 1.29 is 9.59 Å². The Morgan fingerprint density at radius 3 is 2.24 bits per heavy atom. The van der Waals surface area contributed by atoms with E-state index in [1.165, 1.54) is 18.3 Å². The number of benzene rings is 2. The molecule has 0 unspecified atom stereocenters. The second kappa shape index (κ2) is 6.84. The van der Waals surface area contributed by atoms with Crippen LogP contribution in [0.5, 0.6) is 0 Å². The van der Waals surface area contributed by atoms with Crippen LogP contribution >= 0.6 is 0 Å². The molecular weight excluding hydrogens is 318 g/mol. The lowest BCUT2D eigenvalue weighted by Crippen LogP contribution is -2.17. The molecule has 6 heteroatoms. The Kier molecular flexibility index (Phi) is 4.43. The molecule has 25 heavy (non-hydrogen) atoms. The minimum Gasteiger partial charge on any atom is -0.366 e. The maximum absolute atomic E-state index is 12.4. The number of hydrogen-bond acceptors (Lipinski definition) is 3. The van der Waals surface area contributed by atoms with Gasteiger partial charge in [0.2, 0.25) is 5.91 Å². The van der Waals surface area contributed by atoms with Crippen molar-refractivity contribution in [2.75, 3.05) is 5.32 Å². The molecule has 0 saturated heterocycles. The Bertz CT molecular complexity index is 977. The Morgan fingerprint density at radius 1 is 0.920 bits per heavy atom. The van der Waals surface area contributed by atoms with E-state index in [0.717, 1.165) is 5.56 Å². The zero-order valence-electron chi connectivity index (χ0n) is 13.2. The molecule has 0 aliphatic carbocycles. The van der Waals surface area contributed by atoms with Gasteiger partial charge in [0.05, 0.1) is 5.56 Å². The molecule has 124 valence electrons. The molecular formula is C19H15N3O3. The van der Waals surface area contributed by atoms with Gasteiger partial charge >= 0.3 is 0 Å². The third kappa shape index (κ3) is 3.64. The van der Waals surface area contributed by atoms with Gasteiger partial charge in [-0.3, -0.25) is 14.4 Å². The van der Waals surface area contributed by atoms with Gasteiger partial charge in [-0.25, -0.2) is 0 Å². The maximum atomic E-state index is 12.4. The summed E-state index contributed by atoms with van der Waals surface area (Å²) in [4.78, 5) is 38.1. The standard InChI is InChI=1S/C19H15N3O3/c20-17(23)13-6-8-15(9-7-13)22-18(24)14-10-16(19(25)21-11-14)12-4-2-1-3-5-12/h1-11H,(H2,20,23)(H,21,25)(H,22,24). The quantitative estimate of drug-likeness (QED) is 0.682. The van der Waals surface area contributed by atoms with Crippen LogP contribution in [0.2, 0.25) is 0 Å². The van der Waals surface area contributed by atoms with Gasteiger partial charge in [-0.05, 0) is 35.9 Å². The van der Waals surface area contributed by atoms with Crippen molar-refractivity contribution >= 4 is 17.5 Å². The molecule has 0 spiro atoms. The Labute approximate surface area is 143 Å². The number of rotatable bonds is 4. The predicted molar refractivity (Wildman–Crippen MR) is 95.4 cm³/mol. The number of hydrogen-bond donors (Lipinski definition) is 3. The first kappa shape index (κ1) is 16.2. The molecule has 0 aliphatic rings. The molecule has 0 aliphatic heterocycles. The number of nitrogens with two attached hydrogens (primary N) is 1. The van der Waals surface area contributed by atoms with E-state index < -0.39 is 5.91 Å². The molecule has 0 saturated carbocycles. The Hall–Kier alpha value is -3.67. The molecule has 3 rings (SSSR count). The van der Waals surface area contributed by atoms with Crippen LogP contribution in [0.4, 0.5) is 5.69 Å². The molecule has 6 nitrogen and oxygen atoms in total. The predicted octanol–water partition coefficient (Wildman–Crippen LogP) is 2.39. The lowest BCUT2D eigenvalue weighted by atomic mass is 10.1. The first-order chi connectivity index (χ1) is 12.0. The van der Waals surface area contributed by atoms with Crippen molar-refractivity contribution in [1.29, 1.82) is 0 Å². The summed E-state index contributed by atoms with van der Waals surface area (Å²) in [6.07, 6.45) is 1.36. The largest absolute Gasteiger partial charge is 0.366 e. The summed E-state index contributed by atoms with van der Waals surface area (Å²) in [6.45, 7) is 0. The van der Waals surface area contributed by atoms with Crippen LogP contribution in [0.3, 0.4) is 0 Å². The van der Waals surface area contributed by atoms with Crippen molar-refractivity contribution in [2.45, 2.75) is 0 Å². The van der Waals surface area contributed by atoms with Gasteiger partial charge in [-0.1, -0.05) is 30.3 Å². The number of aromatic amines is 1. The molecule has 0 fully saturated rings. The van der Waals surface area contributed by atoms with Gasteiger partial charge in [-0.2, -0.15) is 0 Å². The SMILES string of the molecule is NC(=O)c1ccc(NC(=O)c2c[nH]c(=O)c(-c3ccccc3)c2)cc1. The van der Waals surface area contributed by atoms with Crippen LogP contribution in [0, 0.1) is 0 Å². The third-order valence-corrected chi connectivity index (χ3v) is 3.68. The highest BCUT2D eigenvalue weighted by Crippen LogP contribution is 2.16. The van der Waals surface area contributed by atoms with Crippen LogP contribution < -0.4 is 16.6 Å². The average Bonchev–Trinajstić information content (AvgIpc) is 2.63. The average molecular weight is 333 g/mol. The number of carbonyl (C=O) groups excluding carboxylic acids is 2. The summed E-state index contributed by atoms with van der Waals surface area (Å²) in [5.41, 5.74) is 7.24. The van der Waals surface area contributed by atoms with E-state index >= 15 is 0 Å². The minimum absolute atomic E-state index is 0.270. The number of aromatic nitrogens is 1. The maximum Gasteiger partial charge on any atom is 0.257 e. The fourth-order valence-electron chi connectivity index (χ4n) is 2.37. The van der Waals surface area contributed by atoms with Gasteiger partial charge in [0.15, 0.2) is 0 Å². The molecule has 0 radical (unpaired) electrons. The van der Waals surface area contributed by atoms with E-state index in [1.807, 2.05) is 18.2 Å². The summed E-state index contributed by atoms with van der Waals surface area (Å²) >= 11 is 0. The smallest absolute Gasteiger partial charge is 0.257 e. The summed E-state index contributed by atoms with van der Waals surface area (Å²) in [5.74, 6) is -0.911. The number of primary amides is 1. The van der Waals surface area contributed by atoms with Gasteiger partial charge < -0.3 is 16.0 Å². The number of pyridine rings is 1.